The van der Waals surface area contributed by atoms with Gasteiger partial charge in [-0.05, 0) is 49.2 Å². The van der Waals surface area contributed by atoms with Crippen molar-refractivity contribution in [1.82, 2.24) is 9.55 Å². The van der Waals surface area contributed by atoms with Gasteiger partial charge in [0.2, 0.25) is 5.91 Å². The molecule has 2 heterocycles. The number of anilines is 1. The van der Waals surface area contributed by atoms with E-state index >= 15 is 0 Å². The second-order valence-corrected chi connectivity index (χ2v) is 7.97. The number of pyridine rings is 1. The predicted molar refractivity (Wildman–Crippen MR) is 113 cm³/mol. The van der Waals surface area contributed by atoms with Gasteiger partial charge in [0.05, 0.1) is 21.9 Å². The smallest absolute Gasteiger partial charge is 0.326 e. The molecule has 0 aliphatic carbocycles. The lowest BCUT2D eigenvalue weighted by molar-refractivity contribution is -0.137. The van der Waals surface area contributed by atoms with E-state index in [4.69, 9.17) is 0 Å². The van der Waals surface area contributed by atoms with Crippen molar-refractivity contribution in [3.05, 3.63) is 76.4 Å². The minimum absolute atomic E-state index is 0.108. The lowest BCUT2D eigenvalue weighted by atomic mass is 10.2. The highest BCUT2D eigenvalue weighted by Gasteiger charge is 2.30. The van der Waals surface area contributed by atoms with Gasteiger partial charge in [0, 0.05) is 18.4 Å². The van der Waals surface area contributed by atoms with E-state index in [1.54, 1.807) is 23.6 Å². The normalized spacial score (nSPS) is 11.3. The summed E-state index contributed by atoms with van der Waals surface area (Å²) >= 11 is 0.979. The molecule has 3 aromatic rings. The van der Waals surface area contributed by atoms with E-state index < -0.39 is 17.6 Å². The molecule has 0 atom stereocenters. The summed E-state index contributed by atoms with van der Waals surface area (Å²) in [5.41, 5.74) is 1.72. The molecule has 0 aliphatic rings. The van der Waals surface area contributed by atoms with Crippen LogP contribution in [0.25, 0.3) is 0 Å². The van der Waals surface area contributed by atoms with Crippen LogP contribution in [0, 0.1) is 31.0 Å². The number of rotatable bonds is 6. The van der Waals surface area contributed by atoms with Gasteiger partial charge in [-0.1, -0.05) is 23.9 Å². The van der Waals surface area contributed by atoms with Crippen LogP contribution in [0.1, 0.15) is 27.9 Å². The summed E-state index contributed by atoms with van der Waals surface area (Å²) in [4.78, 5) is 16.3. The highest BCUT2D eigenvalue weighted by molar-refractivity contribution is 7.99. The topological polar surface area (TPSA) is 70.7 Å². The van der Waals surface area contributed by atoms with Gasteiger partial charge in [-0.2, -0.15) is 18.4 Å². The van der Waals surface area contributed by atoms with Crippen LogP contribution in [0.15, 0.2) is 47.6 Å². The fourth-order valence-corrected chi connectivity index (χ4v) is 3.68. The Balaban J connectivity index is 1.75. The Hall–Kier alpha value is -3.32. The summed E-state index contributed by atoms with van der Waals surface area (Å²) in [5.74, 6) is -0.596. The molecule has 3 rings (SSSR count). The van der Waals surface area contributed by atoms with Crippen molar-refractivity contribution in [2.45, 2.75) is 31.6 Å². The largest absolute Gasteiger partial charge is 0.417 e. The SMILES string of the molecule is Cc1c(C#N)c(NC(=O)CSc2ccc(C(F)(F)F)cn2)n(Cc2ccc(F)cc2)c1C. The van der Waals surface area contributed by atoms with Crippen LogP contribution in [-0.2, 0) is 17.5 Å². The van der Waals surface area contributed by atoms with Gasteiger partial charge < -0.3 is 9.88 Å². The molecule has 32 heavy (non-hydrogen) atoms. The van der Waals surface area contributed by atoms with E-state index in [0.29, 0.717) is 29.7 Å². The number of amides is 1. The zero-order valence-electron chi connectivity index (χ0n) is 17.1. The number of hydrogen-bond donors (Lipinski definition) is 1. The fraction of sp³-hybridized carbons (Fsp3) is 0.227. The van der Waals surface area contributed by atoms with Crippen molar-refractivity contribution in [3.63, 3.8) is 0 Å². The molecule has 1 amide bonds. The minimum Gasteiger partial charge on any atom is -0.326 e. The third-order valence-corrected chi connectivity index (χ3v) is 5.81. The molecule has 166 valence electrons. The van der Waals surface area contributed by atoms with Gasteiger partial charge in [0.1, 0.15) is 17.7 Å². The molecule has 1 aromatic carbocycles. The zero-order chi connectivity index (χ0) is 23.5. The molecule has 0 spiro atoms. The Labute approximate surface area is 186 Å². The van der Waals surface area contributed by atoms with Crippen LogP contribution in [0.4, 0.5) is 23.4 Å². The van der Waals surface area contributed by atoms with Crippen molar-refractivity contribution in [2.24, 2.45) is 0 Å². The molecule has 1 N–H and O–H groups in total. The first kappa shape index (κ1) is 23.3. The number of benzene rings is 1. The Bertz CT molecular complexity index is 1160. The summed E-state index contributed by atoms with van der Waals surface area (Å²) in [5, 5.41) is 12.6. The maximum atomic E-state index is 13.2. The molecule has 0 saturated heterocycles. The first-order valence-corrected chi connectivity index (χ1v) is 10.4. The summed E-state index contributed by atoms with van der Waals surface area (Å²) in [6, 6.07) is 10.1. The lowest BCUT2D eigenvalue weighted by Crippen LogP contribution is -2.18. The van der Waals surface area contributed by atoms with Gasteiger partial charge in [-0.15, -0.1) is 0 Å². The third kappa shape index (κ3) is 5.29. The molecular weight excluding hydrogens is 444 g/mol. The van der Waals surface area contributed by atoms with Crippen LogP contribution >= 0.6 is 11.8 Å². The summed E-state index contributed by atoms with van der Waals surface area (Å²) in [7, 11) is 0. The Morgan fingerprint density at radius 1 is 1.19 bits per heavy atom. The lowest BCUT2D eigenvalue weighted by Gasteiger charge is -2.13. The number of thioether (sulfide) groups is 1. The van der Waals surface area contributed by atoms with E-state index in [9.17, 15) is 27.6 Å². The van der Waals surface area contributed by atoms with Crippen molar-refractivity contribution < 1.29 is 22.4 Å². The van der Waals surface area contributed by atoms with E-state index in [2.05, 4.69) is 16.4 Å². The van der Waals surface area contributed by atoms with E-state index in [1.165, 1.54) is 18.2 Å². The fourth-order valence-electron chi connectivity index (χ4n) is 3.04. The number of halogens is 4. The quantitative estimate of drug-likeness (QED) is 0.398. The van der Waals surface area contributed by atoms with Crippen LogP contribution in [-0.4, -0.2) is 21.2 Å². The number of nitriles is 1. The molecule has 0 fully saturated rings. The molecule has 5 nitrogen and oxygen atoms in total. The Morgan fingerprint density at radius 3 is 2.44 bits per heavy atom. The zero-order valence-corrected chi connectivity index (χ0v) is 17.9. The van der Waals surface area contributed by atoms with Crippen LogP contribution in [0.3, 0.4) is 0 Å². The van der Waals surface area contributed by atoms with Crippen LogP contribution in [0.2, 0.25) is 0 Å². The standard InChI is InChI=1S/C22H18F4N4OS/c1-13-14(2)30(11-15-3-6-17(23)7-4-15)21(18(13)9-27)29-19(31)12-32-20-8-5-16(10-28-20)22(24,25)26/h3-8,10H,11-12H2,1-2H3,(H,29,31). The molecule has 0 saturated carbocycles. The van der Waals surface area contributed by atoms with Crippen molar-refractivity contribution in [3.8, 4) is 6.07 Å². The number of alkyl halides is 3. The number of nitrogens with zero attached hydrogens (tertiary/aromatic N) is 3. The number of carbonyl (C=O) groups excluding carboxylic acids is 1. The van der Waals surface area contributed by atoms with Gasteiger partial charge in [-0.3, -0.25) is 4.79 Å². The highest BCUT2D eigenvalue weighted by Crippen LogP contribution is 2.30. The van der Waals surface area contributed by atoms with Crippen molar-refractivity contribution >= 4 is 23.5 Å². The van der Waals surface area contributed by atoms with Gasteiger partial charge in [0.25, 0.3) is 0 Å². The first-order chi connectivity index (χ1) is 15.1. The number of nitrogens with one attached hydrogen (secondary N) is 1. The maximum absolute atomic E-state index is 13.2. The van der Waals surface area contributed by atoms with Gasteiger partial charge in [-0.25, -0.2) is 9.37 Å². The molecule has 0 radical (unpaired) electrons. The molecule has 0 unspecified atom stereocenters. The van der Waals surface area contributed by atoms with Gasteiger partial charge in [0.15, 0.2) is 0 Å². The van der Waals surface area contributed by atoms with Crippen molar-refractivity contribution in [1.29, 1.82) is 5.26 Å². The monoisotopic (exact) mass is 462 g/mol. The van der Waals surface area contributed by atoms with Gasteiger partial charge >= 0.3 is 6.18 Å². The second kappa shape index (κ2) is 9.44. The predicted octanol–water partition coefficient (Wildman–Crippen LogP) is 5.31. The molecule has 0 bridgehead atoms. The average Bonchev–Trinajstić information content (AvgIpc) is 2.97. The van der Waals surface area contributed by atoms with Crippen molar-refractivity contribution in [2.75, 3.05) is 11.1 Å². The molecular formula is C22H18F4N4OS. The van der Waals surface area contributed by atoms with Crippen LogP contribution in [0.5, 0.6) is 0 Å². The summed E-state index contributed by atoms with van der Waals surface area (Å²) < 4.78 is 52.9. The molecule has 0 aliphatic heterocycles. The van der Waals surface area contributed by atoms with Crippen LogP contribution < -0.4 is 5.32 Å². The average molecular weight is 462 g/mol. The summed E-state index contributed by atoms with van der Waals surface area (Å²) in [6.45, 7) is 3.90. The molecule has 10 heteroatoms. The number of hydrogen-bond acceptors (Lipinski definition) is 4. The third-order valence-electron chi connectivity index (χ3n) is 4.87. The first-order valence-electron chi connectivity index (χ1n) is 9.40. The number of aromatic nitrogens is 2. The second-order valence-electron chi connectivity index (χ2n) is 6.98. The summed E-state index contributed by atoms with van der Waals surface area (Å²) in [6.07, 6.45) is -3.76. The Morgan fingerprint density at radius 2 is 1.88 bits per heavy atom. The minimum atomic E-state index is -4.48. The van der Waals surface area contributed by atoms with E-state index in [-0.39, 0.29) is 16.6 Å². The maximum Gasteiger partial charge on any atom is 0.417 e. The molecule has 2 aromatic heterocycles. The highest BCUT2D eigenvalue weighted by atomic mass is 32.2. The van der Waals surface area contributed by atoms with E-state index in [0.717, 1.165) is 29.1 Å². The van der Waals surface area contributed by atoms with E-state index in [1.807, 2.05) is 6.92 Å². The number of carbonyl (C=O) groups is 1. The Kier molecular flexibility index (Phi) is 6.89.